The van der Waals surface area contributed by atoms with Crippen molar-refractivity contribution in [2.24, 2.45) is 0 Å². The number of hydrogen-bond acceptors (Lipinski definition) is 2. The summed E-state index contributed by atoms with van der Waals surface area (Å²) in [5, 5.41) is 3.17. The Balaban J connectivity index is 2.27. The molecule has 0 aliphatic carbocycles. The molecule has 0 atom stereocenters. The smallest absolute Gasteiger partial charge is 0.128 e. The molecule has 0 saturated carbocycles. The van der Waals surface area contributed by atoms with E-state index in [1.165, 1.54) is 11.1 Å². The van der Waals surface area contributed by atoms with Crippen molar-refractivity contribution in [3.05, 3.63) is 60.0 Å². The summed E-state index contributed by atoms with van der Waals surface area (Å²) in [4.78, 5) is 4.81. The van der Waals surface area contributed by atoms with Gasteiger partial charge in [0.2, 0.25) is 0 Å². The zero-order valence-corrected chi connectivity index (χ0v) is 11.2. The van der Waals surface area contributed by atoms with Crippen molar-refractivity contribution in [3.63, 3.8) is 0 Å². The lowest BCUT2D eigenvalue weighted by Gasteiger charge is -2.02. The Kier molecular flexibility index (Phi) is 3.05. The second kappa shape index (κ2) is 4.86. The Hall–Kier alpha value is -2.13. The second-order valence-corrected chi connectivity index (χ2v) is 4.68. The van der Waals surface area contributed by atoms with Gasteiger partial charge < -0.3 is 9.72 Å². The first kappa shape index (κ1) is 11.9. The van der Waals surface area contributed by atoms with E-state index in [1.54, 1.807) is 0 Å². The van der Waals surface area contributed by atoms with Gasteiger partial charge in [-0.15, -0.1) is 0 Å². The quantitative estimate of drug-likeness (QED) is 0.775. The van der Waals surface area contributed by atoms with Gasteiger partial charge in [0.25, 0.3) is 0 Å². The van der Waals surface area contributed by atoms with Crippen LogP contribution in [0, 0.1) is 6.92 Å². The first-order valence-corrected chi connectivity index (χ1v) is 6.48. The van der Waals surface area contributed by atoms with E-state index in [0.29, 0.717) is 0 Å². The Morgan fingerprint density at radius 1 is 1.11 bits per heavy atom. The normalized spacial score (nSPS) is 11.1. The molecule has 0 saturated heterocycles. The molecule has 0 aliphatic rings. The van der Waals surface area contributed by atoms with Gasteiger partial charge in [0.1, 0.15) is 5.82 Å². The van der Waals surface area contributed by atoms with Crippen molar-refractivity contribution in [1.29, 1.82) is 0 Å². The molecule has 1 aromatic carbocycles. The van der Waals surface area contributed by atoms with Crippen LogP contribution in [0.5, 0.6) is 0 Å². The molecule has 0 aliphatic heterocycles. The van der Waals surface area contributed by atoms with Gasteiger partial charge in [0.15, 0.2) is 0 Å². The average Bonchev–Trinajstić information content (AvgIpc) is 2.79. The zero-order valence-electron chi connectivity index (χ0n) is 11.2. The van der Waals surface area contributed by atoms with Crippen LogP contribution in [0.2, 0.25) is 0 Å². The molecule has 0 spiro atoms. The topological polar surface area (TPSA) is 29.3 Å². The third-order valence-corrected chi connectivity index (χ3v) is 3.36. The van der Waals surface area contributed by atoms with E-state index in [2.05, 4.69) is 59.2 Å². The molecule has 0 fully saturated rings. The molecule has 2 aromatic heterocycles. The summed E-state index contributed by atoms with van der Waals surface area (Å²) in [6.07, 6.45) is 2.07. The Morgan fingerprint density at radius 2 is 1.89 bits per heavy atom. The Morgan fingerprint density at radius 3 is 2.68 bits per heavy atom. The van der Waals surface area contributed by atoms with Crippen molar-refractivity contribution in [2.45, 2.75) is 13.5 Å². The van der Waals surface area contributed by atoms with Gasteiger partial charge in [-0.05, 0) is 31.7 Å². The van der Waals surface area contributed by atoms with Crippen LogP contribution in [-0.2, 0) is 6.54 Å². The number of nitrogens with one attached hydrogen (secondary N) is 1. The van der Waals surface area contributed by atoms with Crippen LogP contribution in [0.4, 0.5) is 0 Å². The van der Waals surface area contributed by atoms with Crippen LogP contribution in [0.1, 0.15) is 11.4 Å². The number of fused-ring (bicyclic) bond motifs is 1. The lowest BCUT2D eigenvalue weighted by Crippen LogP contribution is -2.08. The number of imidazole rings is 1. The van der Waals surface area contributed by atoms with Gasteiger partial charge in [0, 0.05) is 11.8 Å². The molecule has 3 aromatic rings. The summed E-state index contributed by atoms with van der Waals surface area (Å²) in [5.74, 6) is 1.04. The summed E-state index contributed by atoms with van der Waals surface area (Å²) in [6.45, 7) is 2.89. The molecule has 2 heterocycles. The molecule has 0 unspecified atom stereocenters. The highest BCUT2D eigenvalue weighted by molar-refractivity contribution is 5.79. The fourth-order valence-corrected chi connectivity index (χ4v) is 2.42. The highest BCUT2D eigenvalue weighted by Gasteiger charge is 2.12. The Bertz CT molecular complexity index is 713. The molecule has 3 rings (SSSR count). The highest BCUT2D eigenvalue weighted by atomic mass is 15.1. The van der Waals surface area contributed by atoms with E-state index in [9.17, 15) is 0 Å². The van der Waals surface area contributed by atoms with E-state index in [1.807, 2.05) is 13.1 Å². The van der Waals surface area contributed by atoms with Crippen molar-refractivity contribution in [2.75, 3.05) is 7.05 Å². The van der Waals surface area contributed by atoms with Crippen LogP contribution in [0.25, 0.3) is 16.8 Å². The van der Waals surface area contributed by atoms with Crippen LogP contribution in [-0.4, -0.2) is 16.4 Å². The number of aromatic nitrogens is 2. The first-order chi connectivity index (χ1) is 9.31. The molecule has 0 amide bonds. The van der Waals surface area contributed by atoms with Crippen LogP contribution in [0.15, 0.2) is 48.7 Å². The molecule has 96 valence electrons. The maximum atomic E-state index is 4.81. The van der Waals surface area contributed by atoms with Crippen LogP contribution >= 0.6 is 0 Å². The molecule has 0 bridgehead atoms. The summed E-state index contributed by atoms with van der Waals surface area (Å²) in [7, 11) is 1.94. The third-order valence-electron chi connectivity index (χ3n) is 3.36. The van der Waals surface area contributed by atoms with Gasteiger partial charge in [-0.25, -0.2) is 4.98 Å². The van der Waals surface area contributed by atoms with E-state index >= 15 is 0 Å². The maximum absolute atomic E-state index is 4.81. The molecule has 0 radical (unpaired) electrons. The van der Waals surface area contributed by atoms with Gasteiger partial charge >= 0.3 is 0 Å². The maximum Gasteiger partial charge on any atom is 0.128 e. The highest BCUT2D eigenvalue weighted by Crippen LogP contribution is 2.27. The van der Waals surface area contributed by atoms with Gasteiger partial charge in [-0.2, -0.15) is 0 Å². The number of aryl methyl sites for hydroxylation is 1. The average molecular weight is 251 g/mol. The first-order valence-electron chi connectivity index (χ1n) is 6.48. The van der Waals surface area contributed by atoms with E-state index < -0.39 is 0 Å². The largest absolute Gasteiger partial charge is 0.313 e. The van der Waals surface area contributed by atoms with E-state index in [4.69, 9.17) is 4.98 Å². The monoisotopic (exact) mass is 251 g/mol. The van der Waals surface area contributed by atoms with Crippen molar-refractivity contribution in [1.82, 2.24) is 14.7 Å². The fraction of sp³-hybridized carbons (Fsp3) is 0.188. The fourth-order valence-electron chi connectivity index (χ4n) is 2.42. The summed E-state index contributed by atoms with van der Waals surface area (Å²) in [6, 6.07) is 14.6. The predicted molar refractivity (Wildman–Crippen MR) is 78.1 cm³/mol. The van der Waals surface area contributed by atoms with E-state index in [0.717, 1.165) is 23.6 Å². The van der Waals surface area contributed by atoms with Crippen molar-refractivity contribution in [3.8, 4) is 11.3 Å². The zero-order chi connectivity index (χ0) is 13.2. The van der Waals surface area contributed by atoms with Crippen molar-refractivity contribution >= 4 is 5.52 Å². The number of hydrogen-bond donors (Lipinski definition) is 1. The second-order valence-electron chi connectivity index (χ2n) is 4.68. The Labute approximate surface area is 112 Å². The molecule has 3 heteroatoms. The standard InChI is InChI=1S/C16H17N3/c1-12-7-3-4-8-13(12)16-14-9-5-6-10-19(14)15(18-16)11-17-2/h3-10,17H,11H2,1-2H3. The minimum absolute atomic E-state index is 0.761. The lowest BCUT2D eigenvalue weighted by molar-refractivity contribution is 0.756. The number of rotatable bonds is 3. The minimum atomic E-state index is 0.761. The summed E-state index contributed by atoms with van der Waals surface area (Å²) in [5.41, 5.74) is 4.67. The number of pyridine rings is 1. The SMILES string of the molecule is CNCc1nc(-c2ccccc2C)c2ccccn12. The van der Waals surface area contributed by atoms with Gasteiger partial charge in [-0.3, -0.25) is 0 Å². The van der Waals surface area contributed by atoms with E-state index in [-0.39, 0.29) is 0 Å². The minimum Gasteiger partial charge on any atom is -0.313 e. The van der Waals surface area contributed by atoms with Crippen molar-refractivity contribution < 1.29 is 0 Å². The molecule has 3 nitrogen and oxygen atoms in total. The van der Waals surface area contributed by atoms with Gasteiger partial charge in [-0.1, -0.05) is 30.3 Å². The summed E-state index contributed by atoms with van der Waals surface area (Å²) >= 11 is 0. The predicted octanol–water partition coefficient (Wildman–Crippen LogP) is 3.03. The molecule has 1 N–H and O–H groups in total. The lowest BCUT2D eigenvalue weighted by atomic mass is 10.1. The van der Waals surface area contributed by atoms with Gasteiger partial charge in [0.05, 0.1) is 17.8 Å². The molecular weight excluding hydrogens is 234 g/mol. The molecular formula is C16H17N3. The van der Waals surface area contributed by atoms with Crippen LogP contribution in [0.3, 0.4) is 0 Å². The third kappa shape index (κ3) is 2.02. The number of benzene rings is 1. The summed E-state index contributed by atoms with van der Waals surface area (Å²) < 4.78 is 2.15. The van der Waals surface area contributed by atoms with Crippen LogP contribution < -0.4 is 5.32 Å². The number of nitrogens with zero attached hydrogens (tertiary/aromatic N) is 2. The molecule has 19 heavy (non-hydrogen) atoms.